The zero-order chi connectivity index (χ0) is 16.6. The van der Waals surface area contributed by atoms with Crippen LogP contribution in [0.3, 0.4) is 0 Å². The SMILES string of the molecule is Cc1cc2oc(=O)cc(CSCc3c(C)noc3C)c2cc1C. The number of nitrogens with zero attached hydrogens (tertiary/aromatic N) is 1. The average Bonchev–Trinajstić information content (AvgIpc) is 2.81. The third kappa shape index (κ3) is 3.20. The first-order valence-electron chi connectivity index (χ1n) is 7.49. The maximum Gasteiger partial charge on any atom is 0.336 e. The lowest BCUT2D eigenvalue weighted by Crippen LogP contribution is -2.01. The van der Waals surface area contributed by atoms with Gasteiger partial charge in [0.1, 0.15) is 11.3 Å². The summed E-state index contributed by atoms with van der Waals surface area (Å²) in [7, 11) is 0. The molecule has 0 atom stereocenters. The van der Waals surface area contributed by atoms with Gasteiger partial charge >= 0.3 is 5.63 Å². The largest absolute Gasteiger partial charge is 0.423 e. The molecule has 4 nitrogen and oxygen atoms in total. The third-order valence-corrected chi connectivity index (χ3v) is 5.14. The van der Waals surface area contributed by atoms with Gasteiger partial charge < -0.3 is 8.94 Å². The maximum absolute atomic E-state index is 11.8. The Balaban J connectivity index is 1.88. The van der Waals surface area contributed by atoms with Crippen LogP contribution in [0.1, 0.15) is 33.7 Å². The van der Waals surface area contributed by atoms with Crippen LogP contribution in [-0.4, -0.2) is 5.16 Å². The summed E-state index contributed by atoms with van der Waals surface area (Å²) in [4.78, 5) is 11.8. The monoisotopic (exact) mass is 329 g/mol. The molecule has 3 aromatic rings. The van der Waals surface area contributed by atoms with Crippen molar-refractivity contribution >= 4 is 22.7 Å². The van der Waals surface area contributed by atoms with Gasteiger partial charge in [-0.1, -0.05) is 5.16 Å². The lowest BCUT2D eigenvalue weighted by atomic mass is 10.0. The summed E-state index contributed by atoms with van der Waals surface area (Å²) in [6, 6.07) is 5.63. The maximum atomic E-state index is 11.8. The summed E-state index contributed by atoms with van der Waals surface area (Å²) in [6.45, 7) is 7.97. The first kappa shape index (κ1) is 15.9. The Kier molecular flexibility index (Phi) is 4.31. The van der Waals surface area contributed by atoms with Crippen molar-refractivity contribution in [2.75, 3.05) is 0 Å². The van der Waals surface area contributed by atoms with Gasteiger partial charge in [0, 0.05) is 28.5 Å². The Morgan fingerprint density at radius 3 is 2.48 bits per heavy atom. The van der Waals surface area contributed by atoms with E-state index in [1.54, 1.807) is 17.8 Å². The number of aryl methyl sites for hydroxylation is 4. The minimum absolute atomic E-state index is 0.298. The lowest BCUT2D eigenvalue weighted by molar-refractivity contribution is 0.392. The second kappa shape index (κ2) is 6.24. The third-order valence-electron chi connectivity index (χ3n) is 4.13. The number of fused-ring (bicyclic) bond motifs is 1. The topological polar surface area (TPSA) is 56.2 Å². The van der Waals surface area contributed by atoms with Gasteiger partial charge in [-0.2, -0.15) is 11.8 Å². The molecule has 0 unspecified atom stereocenters. The number of benzene rings is 1. The fourth-order valence-corrected chi connectivity index (χ4v) is 3.75. The number of hydrogen-bond acceptors (Lipinski definition) is 5. The zero-order valence-corrected chi connectivity index (χ0v) is 14.5. The standard InChI is InChI=1S/C18H19NO3S/c1-10-5-15-14(7-18(20)21-17(15)6-11(10)2)8-23-9-16-12(3)19-22-13(16)4/h5-7H,8-9H2,1-4H3. The van der Waals surface area contributed by atoms with Gasteiger partial charge in [0.25, 0.3) is 0 Å². The fourth-order valence-electron chi connectivity index (χ4n) is 2.57. The fraction of sp³-hybridized carbons (Fsp3) is 0.333. The van der Waals surface area contributed by atoms with E-state index >= 15 is 0 Å². The van der Waals surface area contributed by atoms with Crippen LogP contribution in [-0.2, 0) is 11.5 Å². The van der Waals surface area contributed by atoms with Crippen molar-refractivity contribution in [2.45, 2.75) is 39.2 Å². The Labute approximate surface area is 138 Å². The molecule has 3 rings (SSSR count). The molecule has 1 aromatic carbocycles. The Hall–Kier alpha value is -2.01. The summed E-state index contributed by atoms with van der Waals surface area (Å²) in [5.74, 6) is 2.42. The first-order valence-corrected chi connectivity index (χ1v) is 8.64. The second-order valence-corrected chi connectivity index (χ2v) is 6.80. The molecule has 0 aliphatic rings. The highest BCUT2D eigenvalue weighted by Crippen LogP contribution is 2.27. The molecule has 0 saturated carbocycles. The predicted molar refractivity (Wildman–Crippen MR) is 92.9 cm³/mol. The molecule has 0 N–H and O–H groups in total. The van der Waals surface area contributed by atoms with Crippen LogP contribution in [0.4, 0.5) is 0 Å². The average molecular weight is 329 g/mol. The van der Waals surface area contributed by atoms with Crippen molar-refractivity contribution in [3.63, 3.8) is 0 Å². The number of aromatic nitrogens is 1. The van der Waals surface area contributed by atoms with Crippen LogP contribution in [0, 0.1) is 27.7 Å². The van der Waals surface area contributed by atoms with Gasteiger partial charge in [0.05, 0.1) is 5.69 Å². The molecule has 0 aliphatic heterocycles. The number of rotatable bonds is 4. The van der Waals surface area contributed by atoms with Gasteiger partial charge in [-0.05, 0) is 56.5 Å². The van der Waals surface area contributed by atoms with E-state index in [-0.39, 0.29) is 5.63 Å². The van der Waals surface area contributed by atoms with Crippen LogP contribution >= 0.6 is 11.8 Å². The van der Waals surface area contributed by atoms with Crippen molar-refractivity contribution in [1.82, 2.24) is 5.16 Å². The van der Waals surface area contributed by atoms with Crippen molar-refractivity contribution in [1.29, 1.82) is 0 Å². The van der Waals surface area contributed by atoms with E-state index in [0.717, 1.165) is 45.0 Å². The summed E-state index contributed by atoms with van der Waals surface area (Å²) >= 11 is 1.75. The van der Waals surface area contributed by atoms with Gasteiger partial charge in [0.2, 0.25) is 0 Å². The highest BCUT2D eigenvalue weighted by atomic mass is 32.2. The van der Waals surface area contributed by atoms with Gasteiger partial charge in [0.15, 0.2) is 0 Å². The minimum atomic E-state index is -0.298. The van der Waals surface area contributed by atoms with E-state index in [2.05, 4.69) is 18.1 Å². The van der Waals surface area contributed by atoms with E-state index < -0.39 is 0 Å². The van der Waals surface area contributed by atoms with E-state index in [1.165, 1.54) is 5.56 Å². The molecule has 2 aromatic heterocycles. The predicted octanol–water partition coefficient (Wildman–Crippen LogP) is 4.45. The molecule has 0 fully saturated rings. The summed E-state index contributed by atoms with van der Waals surface area (Å²) in [5, 5.41) is 4.99. The minimum Gasteiger partial charge on any atom is -0.423 e. The lowest BCUT2D eigenvalue weighted by Gasteiger charge is -2.08. The summed E-state index contributed by atoms with van der Waals surface area (Å²) < 4.78 is 10.5. The molecular weight excluding hydrogens is 310 g/mol. The number of thioether (sulfide) groups is 1. The highest BCUT2D eigenvalue weighted by Gasteiger charge is 2.11. The molecule has 2 heterocycles. The van der Waals surface area contributed by atoms with Crippen LogP contribution in [0.2, 0.25) is 0 Å². The molecule has 0 amide bonds. The van der Waals surface area contributed by atoms with E-state index in [0.29, 0.717) is 5.58 Å². The van der Waals surface area contributed by atoms with Crippen molar-refractivity contribution < 1.29 is 8.94 Å². The highest BCUT2D eigenvalue weighted by molar-refractivity contribution is 7.97. The van der Waals surface area contributed by atoms with E-state index in [1.807, 2.05) is 26.8 Å². The van der Waals surface area contributed by atoms with Crippen LogP contribution in [0.5, 0.6) is 0 Å². The van der Waals surface area contributed by atoms with Gasteiger partial charge in [-0.3, -0.25) is 0 Å². The molecule has 120 valence electrons. The molecule has 0 saturated heterocycles. The molecule has 0 aliphatic carbocycles. The van der Waals surface area contributed by atoms with Crippen LogP contribution in [0.15, 0.2) is 31.9 Å². The first-order chi connectivity index (χ1) is 11.0. The molecular formula is C18H19NO3S. The summed E-state index contributed by atoms with van der Waals surface area (Å²) in [5.41, 5.74) is 5.76. The molecule has 0 radical (unpaired) electrons. The van der Waals surface area contributed by atoms with Crippen molar-refractivity contribution in [3.8, 4) is 0 Å². The van der Waals surface area contributed by atoms with E-state index in [4.69, 9.17) is 8.94 Å². The molecule has 0 bridgehead atoms. The van der Waals surface area contributed by atoms with Gasteiger partial charge in [-0.25, -0.2) is 4.79 Å². The van der Waals surface area contributed by atoms with Crippen molar-refractivity contribution in [3.05, 3.63) is 62.3 Å². The Morgan fingerprint density at radius 2 is 1.78 bits per heavy atom. The number of hydrogen-bond donors (Lipinski definition) is 0. The molecule has 0 spiro atoms. The van der Waals surface area contributed by atoms with E-state index in [9.17, 15) is 4.79 Å². The molecule has 23 heavy (non-hydrogen) atoms. The second-order valence-electron chi connectivity index (χ2n) is 5.82. The Morgan fingerprint density at radius 1 is 1.04 bits per heavy atom. The molecule has 5 heteroatoms. The Bertz CT molecular complexity index is 904. The summed E-state index contributed by atoms with van der Waals surface area (Å²) in [6.07, 6.45) is 0. The van der Waals surface area contributed by atoms with Crippen molar-refractivity contribution in [2.24, 2.45) is 0 Å². The normalized spacial score (nSPS) is 11.3. The van der Waals surface area contributed by atoms with Crippen LogP contribution < -0.4 is 5.63 Å². The smallest absolute Gasteiger partial charge is 0.336 e. The zero-order valence-electron chi connectivity index (χ0n) is 13.7. The van der Waals surface area contributed by atoms with Crippen LogP contribution in [0.25, 0.3) is 11.0 Å². The quantitative estimate of drug-likeness (QED) is 0.662. The van der Waals surface area contributed by atoms with Gasteiger partial charge in [-0.15, -0.1) is 0 Å².